The fourth-order valence-electron chi connectivity index (χ4n) is 2.57. The molecule has 3 rings (SSSR count). The first kappa shape index (κ1) is 19.3. The summed E-state index contributed by atoms with van der Waals surface area (Å²) in [5.74, 6) is -0.622. The average Bonchev–Trinajstić information content (AvgIpc) is 3.11. The predicted molar refractivity (Wildman–Crippen MR) is 110 cm³/mol. The van der Waals surface area contributed by atoms with Crippen molar-refractivity contribution in [2.24, 2.45) is 0 Å². The lowest BCUT2D eigenvalue weighted by Gasteiger charge is -2.08. The van der Waals surface area contributed by atoms with Crippen LogP contribution in [0.4, 0.5) is 16.2 Å². The van der Waals surface area contributed by atoms with Crippen LogP contribution in [-0.2, 0) is 4.74 Å². The lowest BCUT2D eigenvalue weighted by Crippen LogP contribution is -2.20. The maximum absolute atomic E-state index is 12.4. The summed E-state index contributed by atoms with van der Waals surface area (Å²) < 4.78 is 4.83. The van der Waals surface area contributed by atoms with Crippen molar-refractivity contribution in [2.75, 3.05) is 17.7 Å². The van der Waals surface area contributed by atoms with Gasteiger partial charge in [-0.3, -0.25) is 4.79 Å². The Morgan fingerprint density at radius 3 is 2.36 bits per heavy atom. The summed E-state index contributed by atoms with van der Waals surface area (Å²) in [7, 11) is 1.29. The number of esters is 1. The highest BCUT2D eigenvalue weighted by atomic mass is 32.1. The lowest BCUT2D eigenvalue weighted by molar-refractivity contribution is 0.0607. The number of anilines is 2. The van der Waals surface area contributed by atoms with Crippen LogP contribution in [0.2, 0.25) is 0 Å². The number of benzene rings is 2. The Kier molecular flexibility index (Phi) is 5.86. The molecule has 0 fully saturated rings. The van der Waals surface area contributed by atoms with Crippen molar-refractivity contribution in [3.05, 3.63) is 71.1 Å². The number of ketones is 1. The van der Waals surface area contributed by atoms with E-state index in [0.717, 1.165) is 10.4 Å². The molecule has 0 saturated heterocycles. The Morgan fingerprint density at radius 1 is 0.929 bits per heavy atom. The SMILES string of the molecule is COC(=O)c1sc(-c2ccccc2)cc1NC(=O)Nc1cccc(C(C)=O)c1. The van der Waals surface area contributed by atoms with Gasteiger partial charge in [-0.25, -0.2) is 9.59 Å². The summed E-state index contributed by atoms with van der Waals surface area (Å²) in [6.07, 6.45) is 0. The molecule has 2 N–H and O–H groups in total. The molecule has 2 aromatic carbocycles. The van der Waals surface area contributed by atoms with Crippen LogP contribution in [0.25, 0.3) is 10.4 Å². The van der Waals surface area contributed by atoms with Crippen LogP contribution in [0.1, 0.15) is 27.0 Å². The minimum Gasteiger partial charge on any atom is -0.465 e. The second-order valence-electron chi connectivity index (χ2n) is 5.93. The summed E-state index contributed by atoms with van der Waals surface area (Å²) >= 11 is 1.24. The summed E-state index contributed by atoms with van der Waals surface area (Å²) in [4.78, 5) is 37.1. The molecule has 0 bridgehead atoms. The molecule has 7 heteroatoms. The Morgan fingerprint density at radius 2 is 1.68 bits per heavy atom. The number of urea groups is 1. The van der Waals surface area contributed by atoms with Gasteiger partial charge in [-0.2, -0.15) is 0 Å². The molecule has 2 amide bonds. The average molecular weight is 394 g/mol. The number of hydrogen-bond donors (Lipinski definition) is 2. The van der Waals surface area contributed by atoms with Crippen LogP contribution in [0.15, 0.2) is 60.7 Å². The third-order valence-corrected chi connectivity index (χ3v) is 5.10. The second kappa shape index (κ2) is 8.49. The van der Waals surface area contributed by atoms with Gasteiger partial charge in [0, 0.05) is 16.1 Å². The van der Waals surface area contributed by atoms with Crippen LogP contribution in [-0.4, -0.2) is 24.9 Å². The molecule has 1 aromatic heterocycles. The van der Waals surface area contributed by atoms with Gasteiger partial charge in [0.1, 0.15) is 4.88 Å². The normalized spacial score (nSPS) is 10.2. The van der Waals surface area contributed by atoms with Gasteiger partial charge in [0.2, 0.25) is 0 Å². The van der Waals surface area contributed by atoms with E-state index >= 15 is 0 Å². The fourth-order valence-corrected chi connectivity index (χ4v) is 3.61. The quantitative estimate of drug-likeness (QED) is 0.469. The Bertz CT molecular complexity index is 1030. The molecule has 3 aromatic rings. The van der Waals surface area contributed by atoms with Gasteiger partial charge in [0.05, 0.1) is 12.8 Å². The van der Waals surface area contributed by atoms with Crippen molar-refractivity contribution in [3.63, 3.8) is 0 Å². The Labute approximate surface area is 166 Å². The zero-order valence-electron chi connectivity index (χ0n) is 15.3. The number of nitrogens with one attached hydrogen (secondary N) is 2. The molecule has 0 aliphatic heterocycles. The topological polar surface area (TPSA) is 84.5 Å². The second-order valence-corrected chi connectivity index (χ2v) is 6.98. The maximum atomic E-state index is 12.4. The van der Waals surface area contributed by atoms with E-state index in [2.05, 4.69) is 10.6 Å². The van der Waals surface area contributed by atoms with E-state index < -0.39 is 12.0 Å². The molecule has 6 nitrogen and oxygen atoms in total. The maximum Gasteiger partial charge on any atom is 0.350 e. The van der Waals surface area contributed by atoms with E-state index in [1.54, 1.807) is 30.3 Å². The largest absolute Gasteiger partial charge is 0.465 e. The summed E-state index contributed by atoms with van der Waals surface area (Å²) in [5.41, 5.74) is 2.26. The molecule has 0 saturated carbocycles. The van der Waals surface area contributed by atoms with Gasteiger partial charge in [0.25, 0.3) is 0 Å². The minimum atomic E-state index is -0.527. The number of hydrogen-bond acceptors (Lipinski definition) is 5. The zero-order valence-corrected chi connectivity index (χ0v) is 16.1. The number of Topliss-reactive ketones (excluding diaryl/α,β-unsaturated/α-hetero) is 1. The van der Waals surface area contributed by atoms with Crippen molar-refractivity contribution in [2.45, 2.75) is 6.92 Å². The van der Waals surface area contributed by atoms with Crippen LogP contribution in [0.5, 0.6) is 0 Å². The van der Waals surface area contributed by atoms with E-state index in [4.69, 9.17) is 4.74 Å². The minimum absolute atomic E-state index is 0.0950. The van der Waals surface area contributed by atoms with E-state index in [9.17, 15) is 14.4 Å². The molecule has 0 unspecified atom stereocenters. The molecule has 28 heavy (non-hydrogen) atoms. The van der Waals surface area contributed by atoms with Crippen LogP contribution in [0.3, 0.4) is 0 Å². The van der Waals surface area contributed by atoms with Crippen molar-refractivity contribution in [3.8, 4) is 10.4 Å². The first-order chi connectivity index (χ1) is 13.5. The van der Waals surface area contributed by atoms with Crippen molar-refractivity contribution in [1.29, 1.82) is 0 Å². The molecule has 0 atom stereocenters. The molecule has 1 heterocycles. The van der Waals surface area contributed by atoms with Gasteiger partial charge >= 0.3 is 12.0 Å². The number of ether oxygens (including phenoxy) is 1. The summed E-state index contributed by atoms with van der Waals surface area (Å²) in [5, 5.41) is 5.36. The molecule has 142 valence electrons. The highest BCUT2D eigenvalue weighted by molar-refractivity contribution is 7.18. The lowest BCUT2D eigenvalue weighted by atomic mass is 10.1. The highest BCUT2D eigenvalue weighted by Crippen LogP contribution is 2.35. The molecule has 0 radical (unpaired) electrons. The molecule has 0 aliphatic rings. The van der Waals surface area contributed by atoms with Gasteiger partial charge in [-0.15, -0.1) is 11.3 Å². The number of carbonyl (C=O) groups excluding carboxylic acids is 3. The van der Waals surface area contributed by atoms with Crippen LogP contribution >= 0.6 is 11.3 Å². The fraction of sp³-hybridized carbons (Fsp3) is 0.0952. The number of thiophene rings is 1. The number of rotatable bonds is 5. The highest BCUT2D eigenvalue weighted by Gasteiger charge is 2.19. The smallest absolute Gasteiger partial charge is 0.350 e. The standard InChI is InChI=1S/C21H18N2O4S/c1-13(24)15-9-6-10-16(11-15)22-21(26)23-17-12-18(14-7-4-3-5-8-14)28-19(17)20(25)27-2/h3-12H,1-2H3,(H2,22,23,26). The number of methoxy groups -OCH3 is 1. The van der Waals surface area contributed by atoms with E-state index in [1.807, 2.05) is 30.3 Å². The van der Waals surface area contributed by atoms with Crippen molar-refractivity contribution in [1.82, 2.24) is 0 Å². The predicted octanol–water partition coefficient (Wildman–Crippen LogP) is 5.05. The van der Waals surface area contributed by atoms with E-state index in [0.29, 0.717) is 21.8 Å². The monoisotopic (exact) mass is 394 g/mol. The van der Waals surface area contributed by atoms with E-state index in [-0.39, 0.29) is 5.78 Å². The Balaban J connectivity index is 1.83. The summed E-state index contributed by atoms with van der Waals surface area (Å²) in [6, 6.07) is 17.4. The molecule has 0 spiro atoms. The summed E-state index contributed by atoms with van der Waals surface area (Å²) in [6.45, 7) is 1.46. The first-order valence-electron chi connectivity index (χ1n) is 8.44. The molecular formula is C21H18N2O4S. The van der Waals surface area contributed by atoms with Gasteiger partial charge < -0.3 is 15.4 Å². The van der Waals surface area contributed by atoms with Gasteiger partial charge in [0.15, 0.2) is 5.78 Å². The third-order valence-electron chi connectivity index (χ3n) is 3.94. The molecule has 0 aliphatic carbocycles. The third kappa shape index (κ3) is 4.44. The Hall–Kier alpha value is -3.45. The number of amides is 2. The van der Waals surface area contributed by atoms with Crippen LogP contribution in [0, 0.1) is 0 Å². The van der Waals surface area contributed by atoms with Crippen molar-refractivity contribution < 1.29 is 19.1 Å². The zero-order chi connectivity index (χ0) is 20.1. The van der Waals surface area contributed by atoms with E-state index in [1.165, 1.54) is 25.4 Å². The van der Waals surface area contributed by atoms with Crippen LogP contribution < -0.4 is 10.6 Å². The van der Waals surface area contributed by atoms with Crippen molar-refractivity contribution >= 4 is 40.5 Å². The number of carbonyl (C=O) groups is 3. The first-order valence-corrected chi connectivity index (χ1v) is 9.26. The van der Waals surface area contributed by atoms with Gasteiger partial charge in [-0.05, 0) is 30.7 Å². The van der Waals surface area contributed by atoms with Gasteiger partial charge in [-0.1, -0.05) is 42.5 Å². The molecular weight excluding hydrogens is 376 g/mol.